The second kappa shape index (κ2) is 8.66. The van der Waals surface area contributed by atoms with E-state index in [2.05, 4.69) is 28.4 Å². The van der Waals surface area contributed by atoms with Gasteiger partial charge in [0.05, 0.1) is 11.3 Å². The van der Waals surface area contributed by atoms with Crippen molar-refractivity contribution in [2.45, 2.75) is 6.42 Å². The van der Waals surface area contributed by atoms with Gasteiger partial charge in [-0.1, -0.05) is 54.6 Å². The fraction of sp³-hybridized carbons (Fsp3) is 0.120. The SMILES string of the molecule is O=C(Nc1cc(N2CC=C(c3ccccc3)CC2)ccc1C(=O)O)c1ccccc1. The second-order valence-electron chi connectivity index (χ2n) is 7.15. The number of rotatable bonds is 5. The number of carboxylic acids is 1. The van der Waals surface area contributed by atoms with Gasteiger partial charge in [-0.05, 0) is 47.9 Å². The maximum absolute atomic E-state index is 12.5. The molecule has 3 aromatic carbocycles. The summed E-state index contributed by atoms with van der Waals surface area (Å²) in [6.07, 6.45) is 3.10. The zero-order valence-electron chi connectivity index (χ0n) is 16.4. The van der Waals surface area contributed by atoms with Crippen LogP contribution in [0.25, 0.3) is 5.57 Å². The Morgan fingerprint density at radius 2 is 1.60 bits per heavy atom. The molecule has 0 aromatic heterocycles. The largest absolute Gasteiger partial charge is 0.478 e. The van der Waals surface area contributed by atoms with Gasteiger partial charge >= 0.3 is 5.97 Å². The van der Waals surface area contributed by atoms with Crippen LogP contribution in [0, 0.1) is 0 Å². The molecule has 150 valence electrons. The van der Waals surface area contributed by atoms with E-state index in [4.69, 9.17) is 0 Å². The molecular formula is C25H22N2O3. The third kappa shape index (κ3) is 4.25. The molecule has 1 heterocycles. The van der Waals surface area contributed by atoms with Crippen molar-refractivity contribution in [1.82, 2.24) is 0 Å². The van der Waals surface area contributed by atoms with Gasteiger partial charge in [-0.3, -0.25) is 4.79 Å². The van der Waals surface area contributed by atoms with Gasteiger partial charge in [0.2, 0.25) is 0 Å². The Kier molecular flexibility index (Phi) is 5.61. The Morgan fingerprint density at radius 3 is 2.23 bits per heavy atom. The van der Waals surface area contributed by atoms with Gasteiger partial charge in [-0.25, -0.2) is 4.79 Å². The molecule has 0 unspecified atom stereocenters. The van der Waals surface area contributed by atoms with Gasteiger partial charge in [0.25, 0.3) is 5.91 Å². The normalized spacial score (nSPS) is 13.5. The number of carboxylic acid groups (broad SMARTS) is 1. The van der Waals surface area contributed by atoms with E-state index in [1.54, 1.807) is 42.5 Å². The summed E-state index contributed by atoms with van der Waals surface area (Å²) >= 11 is 0. The van der Waals surface area contributed by atoms with Gasteiger partial charge in [-0.15, -0.1) is 0 Å². The van der Waals surface area contributed by atoms with Crippen molar-refractivity contribution in [1.29, 1.82) is 0 Å². The molecule has 0 atom stereocenters. The number of benzene rings is 3. The van der Waals surface area contributed by atoms with E-state index in [0.29, 0.717) is 11.3 Å². The standard InChI is InChI=1S/C25H22N2O3/c28-24(20-9-5-2-6-10-20)26-23-17-21(11-12-22(23)25(29)30)27-15-13-19(14-16-27)18-7-3-1-4-8-18/h1-13,17H,14-16H2,(H,26,28)(H,29,30). The summed E-state index contributed by atoms with van der Waals surface area (Å²) in [7, 11) is 0. The third-order valence-corrected chi connectivity index (χ3v) is 5.24. The zero-order chi connectivity index (χ0) is 20.9. The number of carbonyl (C=O) groups is 2. The van der Waals surface area contributed by atoms with Gasteiger partial charge in [0.15, 0.2) is 0 Å². The molecule has 0 spiro atoms. The second-order valence-corrected chi connectivity index (χ2v) is 7.15. The minimum absolute atomic E-state index is 0.0700. The maximum atomic E-state index is 12.5. The lowest BCUT2D eigenvalue weighted by atomic mass is 9.99. The van der Waals surface area contributed by atoms with E-state index in [1.165, 1.54) is 11.1 Å². The monoisotopic (exact) mass is 398 g/mol. The topological polar surface area (TPSA) is 69.6 Å². The van der Waals surface area contributed by atoms with E-state index in [-0.39, 0.29) is 11.5 Å². The average molecular weight is 398 g/mol. The van der Waals surface area contributed by atoms with E-state index < -0.39 is 5.97 Å². The number of anilines is 2. The molecule has 1 aliphatic heterocycles. The molecule has 0 saturated heterocycles. The van der Waals surface area contributed by atoms with Gasteiger partial charge in [0, 0.05) is 24.3 Å². The summed E-state index contributed by atoms with van der Waals surface area (Å²) in [5, 5.41) is 12.3. The van der Waals surface area contributed by atoms with Crippen LogP contribution in [0.1, 0.15) is 32.7 Å². The first-order valence-electron chi connectivity index (χ1n) is 9.85. The summed E-state index contributed by atoms with van der Waals surface area (Å²) in [6, 6.07) is 24.2. The highest BCUT2D eigenvalue weighted by molar-refractivity contribution is 6.08. The van der Waals surface area contributed by atoms with Crippen LogP contribution in [0.4, 0.5) is 11.4 Å². The lowest BCUT2D eigenvalue weighted by Crippen LogP contribution is -2.28. The Hall–Kier alpha value is -3.86. The molecule has 0 saturated carbocycles. The van der Waals surface area contributed by atoms with Crippen LogP contribution in [-0.2, 0) is 0 Å². The van der Waals surface area contributed by atoms with E-state index >= 15 is 0 Å². The molecule has 0 radical (unpaired) electrons. The summed E-state index contributed by atoms with van der Waals surface area (Å²) < 4.78 is 0. The molecule has 0 fully saturated rings. The number of carbonyl (C=O) groups excluding carboxylic acids is 1. The average Bonchev–Trinajstić information content (AvgIpc) is 2.80. The first-order chi connectivity index (χ1) is 14.6. The number of amides is 1. The van der Waals surface area contributed by atoms with Crippen LogP contribution in [0.15, 0.2) is 84.9 Å². The van der Waals surface area contributed by atoms with Crippen molar-refractivity contribution < 1.29 is 14.7 Å². The Bertz CT molecular complexity index is 1090. The van der Waals surface area contributed by atoms with Crippen LogP contribution >= 0.6 is 0 Å². The van der Waals surface area contributed by atoms with Crippen molar-refractivity contribution in [3.05, 3.63) is 102 Å². The predicted molar refractivity (Wildman–Crippen MR) is 119 cm³/mol. The van der Waals surface area contributed by atoms with Crippen molar-refractivity contribution in [2.75, 3.05) is 23.3 Å². The lowest BCUT2D eigenvalue weighted by Gasteiger charge is -2.29. The maximum Gasteiger partial charge on any atom is 0.337 e. The molecule has 2 N–H and O–H groups in total. The summed E-state index contributed by atoms with van der Waals surface area (Å²) in [6.45, 7) is 1.54. The molecule has 1 aliphatic rings. The summed E-state index contributed by atoms with van der Waals surface area (Å²) in [5.41, 5.74) is 4.27. The first kappa shape index (κ1) is 19.5. The molecular weight excluding hydrogens is 376 g/mol. The van der Waals surface area contributed by atoms with Crippen molar-refractivity contribution in [2.24, 2.45) is 0 Å². The number of nitrogens with zero attached hydrogens (tertiary/aromatic N) is 1. The smallest absolute Gasteiger partial charge is 0.337 e. The minimum Gasteiger partial charge on any atom is -0.478 e. The Morgan fingerprint density at radius 1 is 0.900 bits per heavy atom. The van der Waals surface area contributed by atoms with E-state index in [9.17, 15) is 14.7 Å². The molecule has 1 amide bonds. The van der Waals surface area contributed by atoms with E-state index in [1.807, 2.05) is 24.3 Å². The van der Waals surface area contributed by atoms with Crippen LogP contribution in [0.5, 0.6) is 0 Å². The number of hydrogen-bond donors (Lipinski definition) is 2. The third-order valence-electron chi connectivity index (χ3n) is 5.24. The highest BCUT2D eigenvalue weighted by atomic mass is 16.4. The quantitative estimate of drug-likeness (QED) is 0.639. The summed E-state index contributed by atoms with van der Waals surface area (Å²) in [4.78, 5) is 26.4. The van der Waals surface area contributed by atoms with Gasteiger partial charge < -0.3 is 15.3 Å². The molecule has 30 heavy (non-hydrogen) atoms. The Labute approximate surface area is 175 Å². The molecule has 5 heteroatoms. The minimum atomic E-state index is -1.07. The number of aromatic carboxylic acids is 1. The van der Waals surface area contributed by atoms with Crippen molar-refractivity contribution >= 4 is 28.8 Å². The molecule has 0 aliphatic carbocycles. The number of nitrogens with one attached hydrogen (secondary N) is 1. The fourth-order valence-electron chi connectivity index (χ4n) is 3.62. The molecule has 3 aromatic rings. The van der Waals surface area contributed by atoms with Crippen LogP contribution in [-0.4, -0.2) is 30.1 Å². The molecule has 5 nitrogen and oxygen atoms in total. The highest BCUT2D eigenvalue weighted by Gasteiger charge is 2.18. The first-order valence-corrected chi connectivity index (χ1v) is 9.85. The van der Waals surface area contributed by atoms with Crippen LogP contribution in [0.3, 0.4) is 0 Å². The van der Waals surface area contributed by atoms with Gasteiger partial charge in [-0.2, -0.15) is 0 Å². The fourth-order valence-corrected chi connectivity index (χ4v) is 3.62. The molecule has 0 bridgehead atoms. The highest BCUT2D eigenvalue weighted by Crippen LogP contribution is 2.29. The Balaban J connectivity index is 1.56. The van der Waals surface area contributed by atoms with Crippen LogP contribution in [0.2, 0.25) is 0 Å². The zero-order valence-corrected chi connectivity index (χ0v) is 16.4. The predicted octanol–water partition coefficient (Wildman–Crippen LogP) is 4.93. The van der Waals surface area contributed by atoms with Crippen LogP contribution < -0.4 is 10.2 Å². The lowest BCUT2D eigenvalue weighted by molar-refractivity contribution is 0.0698. The van der Waals surface area contributed by atoms with E-state index in [0.717, 1.165) is 25.2 Å². The molecule has 4 rings (SSSR count). The van der Waals surface area contributed by atoms with Gasteiger partial charge in [0.1, 0.15) is 0 Å². The number of hydrogen-bond acceptors (Lipinski definition) is 3. The summed E-state index contributed by atoms with van der Waals surface area (Å²) in [5.74, 6) is -1.41. The van der Waals surface area contributed by atoms with Crippen molar-refractivity contribution in [3.63, 3.8) is 0 Å². The van der Waals surface area contributed by atoms with Crippen molar-refractivity contribution in [3.8, 4) is 0 Å².